The minimum Gasteiger partial charge on any atom is -0.496 e. The first-order valence-corrected chi connectivity index (χ1v) is 5.31. The molecule has 0 bridgehead atoms. The Morgan fingerprint density at radius 2 is 2.21 bits per heavy atom. The molecule has 0 saturated heterocycles. The van der Waals surface area contributed by atoms with E-state index in [4.69, 9.17) is 16.3 Å². The predicted octanol–water partition coefficient (Wildman–Crippen LogP) is 2.94. The predicted molar refractivity (Wildman–Crippen MR) is 54.9 cm³/mol. The average molecular weight is 235 g/mol. The van der Waals surface area contributed by atoms with Gasteiger partial charge in [0.1, 0.15) is 11.6 Å². The van der Waals surface area contributed by atoms with E-state index in [1.54, 1.807) is 6.26 Å². The van der Waals surface area contributed by atoms with Gasteiger partial charge < -0.3 is 4.74 Å². The standard InChI is InChI=1S/C9H8ClFO2S/c1-13-6-3-5(11)4-7(14-2)8(6)9(10)12/h3-4H,1-2H3. The molecule has 0 aliphatic heterocycles. The Labute approximate surface area is 90.4 Å². The van der Waals surface area contributed by atoms with Crippen LogP contribution in [-0.4, -0.2) is 18.6 Å². The van der Waals surface area contributed by atoms with Crippen molar-refractivity contribution < 1.29 is 13.9 Å². The van der Waals surface area contributed by atoms with E-state index in [1.807, 2.05) is 0 Å². The second kappa shape index (κ2) is 4.66. The normalized spacial score (nSPS) is 10.0. The van der Waals surface area contributed by atoms with Gasteiger partial charge in [-0.2, -0.15) is 0 Å². The van der Waals surface area contributed by atoms with Gasteiger partial charge in [0.15, 0.2) is 0 Å². The Morgan fingerprint density at radius 1 is 1.57 bits per heavy atom. The average Bonchev–Trinajstić information content (AvgIpc) is 2.15. The number of carbonyl (C=O) groups excluding carboxylic acids is 1. The van der Waals surface area contributed by atoms with Gasteiger partial charge in [-0.15, -0.1) is 11.8 Å². The highest BCUT2D eigenvalue weighted by Gasteiger charge is 2.16. The van der Waals surface area contributed by atoms with Crippen LogP contribution in [-0.2, 0) is 0 Å². The topological polar surface area (TPSA) is 26.3 Å². The van der Waals surface area contributed by atoms with Crippen LogP contribution in [0.3, 0.4) is 0 Å². The summed E-state index contributed by atoms with van der Waals surface area (Å²) in [6.45, 7) is 0. The van der Waals surface area contributed by atoms with Crippen molar-refractivity contribution in [3.63, 3.8) is 0 Å². The fourth-order valence-corrected chi connectivity index (χ4v) is 1.95. The number of ether oxygens (including phenoxy) is 1. The Hall–Kier alpha value is -0.740. The van der Waals surface area contributed by atoms with Gasteiger partial charge in [-0.25, -0.2) is 4.39 Å². The highest BCUT2D eigenvalue weighted by Crippen LogP contribution is 2.31. The molecule has 0 heterocycles. The lowest BCUT2D eigenvalue weighted by Crippen LogP contribution is -1.99. The Morgan fingerprint density at radius 3 is 2.64 bits per heavy atom. The first-order chi connectivity index (χ1) is 6.60. The zero-order chi connectivity index (χ0) is 10.7. The van der Waals surface area contributed by atoms with Gasteiger partial charge in [0.2, 0.25) is 0 Å². The second-order valence-electron chi connectivity index (χ2n) is 2.46. The maximum atomic E-state index is 13.0. The molecule has 1 rings (SSSR count). The molecule has 0 unspecified atom stereocenters. The van der Waals surface area contributed by atoms with Crippen molar-refractivity contribution in [1.82, 2.24) is 0 Å². The summed E-state index contributed by atoms with van der Waals surface area (Å²) in [5, 5.41) is -0.647. The molecule has 0 atom stereocenters. The summed E-state index contributed by atoms with van der Waals surface area (Å²) in [6, 6.07) is 2.39. The molecule has 0 radical (unpaired) electrons. The summed E-state index contributed by atoms with van der Waals surface area (Å²) in [6.07, 6.45) is 1.73. The number of carbonyl (C=O) groups is 1. The van der Waals surface area contributed by atoms with Crippen molar-refractivity contribution in [2.75, 3.05) is 13.4 Å². The number of hydrogen-bond donors (Lipinski definition) is 0. The van der Waals surface area contributed by atoms with Crippen LogP contribution in [0.2, 0.25) is 0 Å². The summed E-state index contributed by atoms with van der Waals surface area (Å²) < 4.78 is 17.9. The van der Waals surface area contributed by atoms with E-state index in [2.05, 4.69) is 0 Å². The smallest absolute Gasteiger partial charge is 0.257 e. The Kier molecular flexibility index (Phi) is 3.77. The van der Waals surface area contributed by atoms with E-state index in [-0.39, 0.29) is 11.3 Å². The molecular formula is C9H8ClFO2S. The molecular weight excluding hydrogens is 227 g/mol. The van der Waals surface area contributed by atoms with Crippen LogP contribution in [0.15, 0.2) is 17.0 Å². The lowest BCUT2D eigenvalue weighted by molar-refractivity contribution is 0.107. The molecule has 0 amide bonds. The van der Waals surface area contributed by atoms with Crippen LogP contribution in [0, 0.1) is 5.82 Å². The molecule has 1 aromatic carbocycles. The fourth-order valence-electron chi connectivity index (χ4n) is 1.07. The van der Waals surface area contributed by atoms with E-state index in [0.29, 0.717) is 4.90 Å². The monoisotopic (exact) mass is 234 g/mol. The molecule has 1 aromatic rings. The molecule has 0 aliphatic rings. The molecule has 14 heavy (non-hydrogen) atoms. The van der Waals surface area contributed by atoms with E-state index in [0.717, 1.165) is 6.07 Å². The number of halogens is 2. The third-order valence-corrected chi connectivity index (χ3v) is 2.62. The second-order valence-corrected chi connectivity index (χ2v) is 3.65. The van der Waals surface area contributed by atoms with Gasteiger partial charge in [0, 0.05) is 11.0 Å². The number of thioether (sulfide) groups is 1. The van der Waals surface area contributed by atoms with Crippen LogP contribution in [0.1, 0.15) is 10.4 Å². The number of hydrogen-bond acceptors (Lipinski definition) is 3. The van der Waals surface area contributed by atoms with Gasteiger partial charge in [0.25, 0.3) is 5.24 Å². The molecule has 0 spiro atoms. The zero-order valence-electron chi connectivity index (χ0n) is 7.64. The number of benzene rings is 1. The fraction of sp³-hybridized carbons (Fsp3) is 0.222. The van der Waals surface area contributed by atoms with E-state index in [9.17, 15) is 9.18 Å². The van der Waals surface area contributed by atoms with Crippen molar-refractivity contribution in [2.24, 2.45) is 0 Å². The highest BCUT2D eigenvalue weighted by molar-refractivity contribution is 7.98. The minimum atomic E-state index is -0.647. The maximum absolute atomic E-state index is 13.0. The number of methoxy groups -OCH3 is 1. The third-order valence-electron chi connectivity index (χ3n) is 1.67. The van der Waals surface area contributed by atoms with Crippen LogP contribution in [0.4, 0.5) is 4.39 Å². The molecule has 0 saturated carbocycles. The maximum Gasteiger partial charge on any atom is 0.257 e. The van der Waals surface area contributed by atoms with Crippen LogP contribution in [0.25, 0.3) is 0 Å². The number of rotatable bonds is 3. The lowest BCUT2D eigenvalue weighted by atomic mass is 10.2. The summed E-state index contributed by atoms with van der Waals surface area (Å²) >= 11 is 6.61. The molecule has 0 aliphatic carbocycles. The largest absolute Gasteiger partial charge is 0.496 e. The minimum absolute atomic E-state index is 0.161. The molecule has 5 heteroatoms. The summed E-state index contributed by atoms with van der Waals surface area (Å²) in [5.74, 6) is -0.290. The lowest BCUT2D eigenvalue weighted by Gasteiger charge is -2.08. The van der Waals surface area contributed by atoms with Gasteiger partial charge in [-0.1, -0.05) is 0 Å². The van der Waals surface area contributed by atoms with Gasteiger partial charge >= 0.3 is 0 Å². The first kappa shape index (κ1) is 11.3. The molecule has 0 aromatic heterocycles. The van der Waals surface area contributed by atoms with Crippen molar-refractivity contribution in [1.29, 1.82) is 0 Å². The SMILES string of the molecule is COc1cc(F)cc(SC)c1C(=O)Cl. The van der Waals surface area contributed by atoms with Crippen molar-refractivity contribution in [2.45, 2.75) is 4.90 Å². The molecule has 2 nitrogen and oxygen atoms in total. The Bertz CT molecular complexity index is 343. The van der Waals surface area contributed by atoms with Gasteiger partial charge in [-0.05, 0) is 23.9 Å². The van der Waals surface area contributed by atoms with Gasteiger partial charge in [0.05, 0.1) is 12.7 Å². The van der Waals surface area contributed by atoms with E-state index >= 15 is 0 Å². The van der Waals surface area contributed by atoms with Gasteiger partial charge in [-0.3, -0.25) is 4.79 Å². The van der Waals surface area contributed by atoms with Crippen LogP contribution < -0.4 is 4.74 Å². The molecule has 0 N–H and O–H groups in total. The summed E-state index contributed by atoms with van der Waals surface area (Å²) in [7, 11) is 1.36. The quantitative estimate of drug-likeness (QED) is 0.594. The molecule has 76 valence electrons. The zero-order valence-corrected chi connectivity index (χ0v) is 9.21. The van der Waals surface area contributed by atoms with Crippen molar-refractivity contribution in [3.8, 4) is 5.75 Å². The van der Waals surface area contributed by atoms with E-state index in [1.165, 1.54) is 24.9 Å². The third kappa shape index (κ3) is 2.19. The van der Waals surface area contributed by atoms with Crippen molar-refractivity contribution >= 4 is 28.6 Å². The molecule has 0 fully saturated rings. The summed E-state index contributed by atoms with van der Waals surface area (Å²) in [4.78, 5) is 11.5. The van der Waals surface area contributed by atoms with Crippen molar-refractivity contribution in [3.05, 3.63) is 23.5 Å². The first-order valence-electron chi connectivity index (χ1n) is 3.71. The Balaban J connectivity index is 3.40. The van der Waals surface area contributed by atoms with Crippen LogP contribution in [0.5, 0.6) is 5.75 Å². The summed E-state index contributed by atoms with van der Waals surface area (Å²) in [5.41, 5.74) is 0.211. The highest BCUT2D eigenvalue weighted by atomic mass is 35.5. The van der Waals surface area contributed by atoms with E-state index < -0.39 is 11.1 Å². The van der Waals surface area contributed by atoms with Crippen LogP contribution >= 0.6 is 23.4 Å².